The molecule has 0 amide bonds. The molecule has 0 aliphatic heterocycles. The van der Waals surface area contributed by atoms with Gasteiger partial charge in [0.25, 0.3) is 0 Å². The van der Waals surface area contributed by atoms with Crippen LogP contribution >= 0.6 is 0 Å². The molecule has 0 radical (unpaired) electrons. The molecular formula is C45H39N3. The van der Waals surface area contributed by atoms with Crippen molar-refractivity contribution in [3.05, 3.63) is 215 Å². The normalized spacial score (nSPS) is 19.5. The molecule has 4 aromatic carbocycles. The van der Waals surface area contributed by atoms with E-state index in [0.717, 1.165) is 17.1 Å². The average Bonchev–Trinajstić information content (AvgIpc) is 3.17. The first-order chi connectivity index (χ1) is 23.7. The van der Waals surface area contributed by atoms with E-state index in [4.69, 9.17) is 15.0 Å². The predicted octanol–water partition coefficient (Wildman–Crippen LogP) is 10.2. The van der Waals surface area contributed by atoms with Crippen LogP contribution in [0.2, 0.25) is 0 Å². The highest BCUT2D eigenvalue weighted by atomic mass is 14.7. The summed E-state index contributed by atoms with van der Waals surface area (Å²) in [7, 11) is 0. The SMILES string of the molecule is C1=CC(c2cc(C3C=CC(=NCc4ccccc4)C=C3)cc(C3C=CC(=NCc4ccccc4)C=C3)c2)C=CC1=NCc1ccccc1. The molecule has 0 aromatic heterocycles. The Morgan fingerprint density at radius 1 is 0.333 bits per heavy atom. The van der Waals surface area contributed by atoms with E-state index in [2.05, 4.69) is 164 Å². The molecule has 0 bridgehead atoms. The molecule has 0 saturated carbocycles. The molecule has 0 atom stereocenters. The number of nitrogens with zero attached hydrogens (tertiary/aromatic N) is 3. The molecule has 0 N–H and O–H groups in total. The number of rotatable bonds is 9. The number of aliphatic imine (C=N–C) groups is 3. The second-order valence-electron chi connectivity index (χ2n) is 12.3. The topological polar surface area (TPSA) is 37.1 Å². The summed E-state index contributed by atoms with van der Waals surface area (Å²) in [6.07, 6.45) is 26.6. The average molecular weight is 622 g/mol. The first-order valence-electron chi connectivity index (χ1n) is 16.7. The summed E-state index contributed by atoms with van der Waals surface area (Å²) in [6, 6.07) is 38.3. The quantitative estimate of drug-likeness (QED) is 0.178. The lowest BCUT2D eigenvalue weighted by molar-refractivity contribution is 0.983. The van der Waals surface area contributed by atoms with Crippen molar-refractivity contribution in [2.24, 2.45) is 15.0 Å². The summed E-state index contributed by atoms with van der Waals surface area (Å²) in [6.45, 7) is 2.05. The van der Waals surface area contributed by atoms with Crippen LogP contribution in [0.25, 0.3) is 0 Å². The first-order valence-corrected chi connectivity index (χ1v) is 16.7. The van der Waals surface area contributed by atoms with E-state index in [1.807, 2.05) is 18.2 Å². The Morgan fingerprint density at radius 3 is 0.833 bits per heavy atom. The van der Waals surface area contributed by atoms with Crippen molar-refractivity contribution in [3.63, 3.8) is 0 Å². The molecule has 7 rings (SSSR count). The largest absolute Gasteiger partial charge is 0.281 e. The zero-order valence-corrected chi connectivity index (χ0v) is 27.0. The van der Waals surface area contributed by atoms with Crippen LogP contribution < -0.4 is 0 Å². The highest BCUT2D eigenvalue weighted by molar-refractivity contribution is 6.06. The maximum Gasteiger partial charge on any atom is 0.0646 e. The Labute approximate surface area is 284 Å². The molecule has 3 heteroatoms. The van der Waals surface area contributed by atoms with Crippen LogP contribution in [0.4, 0.5) is 0 Å². The summed E-state index contributed by atoms with van der Waals surface area (Å²) in [5.41, 5.74) is 10.5. The van der Waals surface area contributed by atoms with E-state index in [0.29, 0.717) is 19.6 Å². The summed E-state index contributed by atoms with van der Waals surface area (Å²) in [5, 5.41) is 0. The van der Waals surface area contributed by atoms with Gasteiger partial charge >= 0.3 is 0 Å². The van der Waals surface area contributed by atoms with Crippen LogP contribution in [0.1, 0.15) is 51.1 Å². The Balaban J connectivity index is 1.11. The van der Waals surface area contributed by atoms with Gasteiger partial charge in [0.1, 0.15) is 0 Å². The molecule has 234 valence electrons. The van der Waals surface area contributed by atoms with Gasteiger partial charge in [0.15, 0.2) is 0 Å². The maximum atomic E-state index is 4.83. The summed E-state index contributed by atoms with van der Waals surface area (Å²) >= 11 is 0. The minimum absolute atomic E-state index is 0.179. The monoisotopic (exact) mass is 621 g/mol. The summed E-state index contributed by atoms with van der Waals surface area (Å²) in [5.74, 6) is 0.537. The van der Waals surface area contributed by atoms with Gasteiger partial charge in [-0.3, -0.25) is 15.0 Å². The number of hydrogen-bond acceptors (Lipinski definition) is 3. The third-order valence-corrected chi connectivity index (χ3v) is 8.86. The number of hydrogen-bond donors (Lipinski definition) is 0. The van der Waals surface area contributed by atoms with E-state index < -0.39 is 0 Å². The molecule has 3 aliphatic carbocycles. The molecule has 48 heavy (non-hydrogen) atoms. The van der Waals surface area contributed by atoms with Gasteiger partial charge < -0.3 is 0 Å². The van der Waals surface area contributed by atoms with Crippen molar-refractivity contribution in [1.29, 1.82) is 0 Å². The standard InChI is InChI=1S/C45H39N3/c1-4-10-34(11-5-1)31-46-43-22-16-37(17-23-43)40-28-41(38-18-24-44(25-19-38)47-32-35-12-6-2-7-13-35)30-42(29-40)39-20-26-45(27-21-39)48-33-36-14-8-3-9-15-36/h1-30,37-39H,31-33H2. The van der Waals surface area contributed by atoms with E-state index in [-0.39, 0.29) is 17.8 Å². The summed E-state index contributed by atoms with van der Waals surface area (Å²) in [4.78, 5) is 14.5. The van der Waals surface area contributed by atoms with Gasteiger partial charge in [-0.2, -0.15) is 0 Å². The van der Waals surface area contributed by atoms with Crippen LogP contribution in [0.15, 0.2) is 197 Å². The fourth-order valence-corrected chi connectivity index (χ4v) is 6.13. The molecule has 0 fully saturated rings. The lowest BCUT2D eigenvalue weighted by atomic mass is 9.83. The van der Waals surface area contributed by atoms with Crippen molar-refractivity contribution >= 4 is 17.1 Å². The molecular weight excluding hydrogens is 583 g/mol. The van der Waals surface area contributed by atoms with Crippen molar-refractivity contribution in [2.75, 3.05) is 0 Å². The molecule has 0 saturated heterocycles. The minimum Gasteiger partial charge on any atom is -0.281 e. The molecule has 0 spiro atoms. The van der Waals surface area contributed by atoms with Crippen molar-refractivity contribution in [3.8, 4) is 0 Å². The fourth-order valence-electron chi connectivity index (χ4n) is 6.13. The zero-order valence-electron chi connectivity index (χ0n) is 27.0. The van der Waals surface area contributed by atoms with Gasteiger partial charge in [-0.15, -0.1) is 0 Å². The Bertz CT molecular complexity index is 1690. The number of benzene rings is 4. The Morgan fingerprint density at radius 2 is 0.583 bits per heavy atom. The molecule has 0 unspecified atom stereocenters. The maximum absolute atomic E-state index is 4.83. The van der Waals surface area contributed by atoms with Crippen LogP contribution in [-0.2, 0) is 19.6 Å². The van der Waals surface area contributed by atoms with Gasteiger partial charge in [-0.1, -0.05) is 146 Å². The highest BCUT2D eigenvalue weighted by Crippen LogP contribution is 2.33. The fraction of sp³-hybridized carbons (Fsp3) is 0.133. The van der Waals surface area contributed by atoms with Crippen LogP contribution in [-0.4, -0.2) is 17.1 Å². The van der Waals surface area contributed by atoms with Gasteiger partial charge in [-0.05, 0) is 69.8 Å². The first kappa shape index (κ1) is 31.0. The predicted molar refractivity (Wildman–Crippen MR) is 202 cm³/mol. The van der Waals surface area contributed by atoms with E-state index in [1.54, 1.807) is 0 Å². The van der Waals surface area contributed by atoms with Crippen LogP contribution in [0, 0.1) is 0 Å². The van der Waals surface area contributed by atoms with Gasteiger partial charge in [-0.25, -0.2) is 0 Å². The zero-order chi connectivity index (χ0) is 32.4. The highest BCUT2D eigenvalue weighted by Gasteiger charge is 2.18. The van der Waals surface area contributed by atoms with Gasteiger partial charge in [0, 0.05) is 17.8 Å². The van der Waals surface area contributed by atoms with Crippen LogP contribution in [0.5, 0.6) is 0 Å². The third-order valence-electron chi connectivity index (χ3n) is 8.86. The van der Waals surface area contributed by atoms with Crippen LogP contribution in [0.3, 0.4) is 0 Å². The summed E-state index contributed by atoms with van der Waals surface area (Å²) < 4.78 is 0. The minimum atomic E-state index is 0.179. The van der Waals surface area contributed by atoms with Gasteiger partial charge in [0.05, 0.1) is 36.8 Å². The van der Waals surface area contributed by atoms with Crippen molar-refractivity contribution < 1.29 is 0 Å². The van der Waals surface area contributed by atoms with E-state index in [1.165, 1.54) is 33.4 Å². The second-order valence-corrected chi connectivity index (χ2v) is 12.3. The second kappa shape index (κ2) is 15.3. The third kappa shape index (κ3) is 8.18. The molecule has 4 aromatic rings. The molecule has 3 nitrogen and oxygen atoms in total. The van der Waals surface area contributed by atoms with E-state index in [9.17, 15) is 0 Å². The Hall–Kier alpha value is -5.67. The van der Waals surface area contributed by atoms with Crippen molar-refractivity contribution in [1.82, 2.24) is 0 Å². The van der Waals surface area contributed by atoms with E-state index >= 15 is 0 Å². The lowest BCUT2D eigenvalue weighted by Gasteiger charge is -2.21. The Kier molecular flexibility index (Phi) is 9.85. The van der Waals surface area contributed by atoms with Gasteiger partial charge in [0.2, 0.25) is 0 Å². The smallest absolute Gasteiger partial charge is 0.0646 e. The van der Waals surface area contributed by atoms with Crippen molar-refractivity contribution in [2.45, 2.75) is 37.4 Å². The number of allylic oxidation sites excluding steroid dienone is 12. The molecule has 0 heterocycles. The lowest BCUT2D eigenvalue weighted by Crippen LogP contribution is -2.07. The molecule has 3 aliphatic rings.